The number of nitrogens with zero attached hydrogens (tertiary/aromatic N) is 1. The Hall–Kier alpha value is -1.41. The molecule has 0 fully saturated rings. The summed E-state index contributed by atoms with van der Waals surface area (Å²) in [6.45, 7) is 1.93. The van der Waals surface area contributed by atoms with Gasteiger partial charge in [0.2, 0.25) is 6.41 Å². The number of amides is 1. The average Bonchev–Trinajstić information content (AvgIpc) is 2.40. The summed E-state index contributed by atoms with van der Waals surface area (Å²) in [7, 11) is 1.95. The fraction of sp³-hybridized carbons (Fsp3) is 0.357. The zero-order valence-corrected chi connectivity index (χ0v) is 12.7. The van der Waals surface area contributed by atoms with Crippen LogP contribution in [0.3, 0.4) is 0 Å². The van der Waals surface area contributed by atoms with Gasteiger partial charge < -0.3 is 10.1 Å². The number of benzene rings is 1. The van der Waals surface area contributed by atoms with Crippen molar-refractivity contribution in [3.63, 3.8) is 0 Å². The Labute approximate surface area is 129 Å². The Morgan fingerprint density at radius 1 is 1.45 bits per heavy atom. The fourth-order valence-corrected chi connectivity index (χ4v) is 2.06. The Balaban J connectivity index is 2.53. The van der Waals surface area contributed by atoms with Crippen LogP contribution in [0.4, 0.5) is 5.69 Å². The summed E-state index contributed by atoms with van der Waals surface area (Å²) in [6.07, 6.45) is 6.58. The summed E-state index contributed by atoms with van der Waals surface area (Å²) >= 11 is 12.0. The Morgan fingerprint density at radius 3 is 2.85 bits per heavy atom. The van der Waals surface area contributed by atoms with Crippen LogP contribution in [-0.4, -0.2) is 38.1 Å². The molecule has 0 heterocycles. The van der Waals surface area contributed by atoms with Crippen LogP contribution >= 0.6 is 23.2 Å². The SMILES string of the molecule is C#CCN(C)CCCOc1cc(NC=O)c(Cl)cc1Cl. The molecule has 0 atom stereocenters. The molecule has 108 valence electrons. The molecule has 1 aromatic rings. The zero-order valence-electron chi connectivity index (χ0n) is 11.2. The summed E-state index contributed by atoms with van der Waals surface area (Å²) in [5.74, 6) is 3.06. The van der Waals surface area contributed by atoms with Gasteiger partial charge in [-0.2, -0.15) is 0 Å². The minimum Gasteiger partial charge on any atom is -0.492 e. The second-order valence-corrected chi connectivity index (χ2v) is 4.98. The Morgan fingerprint density at radius 2 is 2.20 bits per heavy atom. The number of hydrogen-bond acceptors (Lipinski definition) is 3. The number of nitrogens with one attached hydrogen (secondary N) is 1. The summed E-state index contributed by atoms with van der Waals surface area (Å²) in [4.78, 5) is 12.5. The molecule has 0 aliphatic carbocycles. The van der Waals surface area contributed by atoms with Crippen molar-refractivity contribution in [2.45, 2.75) is 6.42 Å². The Kier molecular flexibility index (Phi) is 7.24. The van der Waals surface area contributed by atoms with E-state index in [9.17, 15) is 4.79 Å². The van der Waals surface area contributed by atoms with Gasteiger partial charge in [-0.25, -0.2) is 0 Å². The van der Waals surface area contributed by atoms with Gasteiger partial charge in [-0.3, -0.25) is 9.69 Å². The molecule has 0 radical (unpaired) electrons. The fourth-order valence-electron chi connectivity index (χ4n) is 1.57. The third-order valence-electron chi connectivity index (χ3n) is 2.54. The third kappa shape index (κ3) is 5.30. The number of carbonyl (C=O) groups is 1. The average molecular weight is 315 g/mol. The molecule has 0 saturated carbocycles. The molecule has 1 aromatic carbocycles. The minimum absolute atomic E-state index is 0.364. The topological polar surface area (TPSA) is 41.6 Å². The van der Waals surface area contributed by atoms with E-state index in [1.165, 1.54) is 6.07 Å². The van der Waals surface area contributed by atoms with E-state index in [1.807, 2.05) is 11.9 Å². The predicted octanol–water partition coefficient (Wildman–Crippen LogP) is 2.90. The van der Waals surface area contributed by atoms with Gasteiger partial charge >= 0.3 is 0 Å². The van der Waals surface area contributed by atoms with E-state index in [1.54, 1.807) is 6.07 Å². The molecule has 1 N–H and O–H groups in total. The van der Waals surface area contributed by atoms with E-state index in [2.05, 4.69) is 11.2 Å². The molecule has 0 bridgehead atoms. The first kappa shape index (κ1) is 16.6. The first-order valence-corrected chi connectivity index (χ1v) is 6.78. The Bertz CT molecular complexity index is 501. The molecule has 0 aliphatic rings. The highest BCUT2D eigenvalue weighted by atomic mass is 35.5. The van der Waals surface area contributed by atoms with Crippen molar-refractivity contribution in [1.29, 1.82) is 0 Å². The standard InChI is InChI=1S/C14H16Cl2N2O2/c1-3-5-18(2)6-4-7-20-14-9-13(17-10-19)11(15)8-12(14)16/h1,8-10H,4-7H2,2H3,(H,17,19). The van der Waals surface area contributed by atoms with E-state index in [0.29, 0.717) is 41.0 Å². The summed E-state index contributed by atoms with van der Waals surface area (Å²) in [6, 6.07) is 3.14. The normalized spacial score (nSPS) is 10.2. The molecular weight excluding hydrogens is 299 g/mol. The molecule has 1 amide bonds. The molecule has 4 nitrogen and oxygen atoms in total. The molecule has 0 aliphatic heterocycles. The molecule has 0 spiro atoms. The largest absolute Gasteiger partial charge is 0.492 e. The van der Waals surface area contributed by atoms with Crippen molar-refractivity contribution in [3.05, 3.63) is 22.2 Å². The van der Waals surface area contributed by atoms with Crippen molar-refractivity contribution in [2.24, 2.45) is 0 Å². The van der Waals surface area contributed by atoms with Crippen molar-refractivity contribution < 1.29 is 9.53 Å². The summed E-state index contributed by atoms with van der Waals surface area (Å²) in [5, 5.41) is 3.26. The maximum absolute atomic E-state index is 10.5. The molecule has 20 heavy (non-hydrogen) atoms. The molecule has 1 rings (SSSR count). The van der Waals surface area contributed by atoms with Gasteiger partial charge in [0.15, 0.2) is 0 Å². The van der Waals surface area contributed by atoms with Crippen molar-refractivity contribution in [1.82, 2.24) is 4.90 Å². The van der Waals surface area contributed by atoms with Gasteiger partial charge in [0.05, 0.1) is 28.9 Å². The highest BCUT2D eigenvalue weighted by molar-refractivity contribution is 6.37. The van der Waals surface area contributed by atoms with E-state index in [-0.39, 0.29) is 0 Å². The van der Waals surface area contributed by atoms with Crippen LogP contribution in [0.15, 0.2) is 12.1 Å². The molecule has 0 unspecified atom stereocenters. The quantitative estimate of drug-likeness (QED) is 0.456. The van der Waals surface area contributed by atoms with Crippen LogP contribution in [0.2, 0.25) is 10.0 Å². The zero-order chi connectivity index (χ0) is 15.0. The van der Waals surface area contributed by atoms with Gasteiger partial charge in [0, 0.05) is 12.6 Å². The first-order valence-electron chi connectivity index (χ1n) is 6.02. The van der Waals surface area contributed by atoms with Crippen LogP contribution in [0.1, 0.15) is 6.42 Å². The van der Waals surface area contributed by atoms with Gasteiger partial charge in [0.25, 0.3) is 0 Å². The lowest BCUT2D eigenvalue weighted by Gasteiger charge is -2.14. The molecule has 6 heteroatoms. The highest BCUT2D eigenvalue weighted by Gasteiger charge is 2.08. The second kappa shape index (κ2) is 8.70. The number of hydrogen-bond donors (Lipinski definition) is 1. The number of halogens is 2. The lowest BCUT2D eigenvalue weighted by molar-refractivity contribution is -0.105. The number of anilines is 1. The number of carbonyl (C=O) groups excluding carboxylic acids is 1. The van der Waals surface area contributed by atoms with Crippen LogP contribution in [0.25, 0.3) is 0 Å². The minimum atomic E-state index is 0.364. The van der Waals surface area contributed by atoms with Crippen molar-refractivity contribution >= 4 is 35.3 Å². The maximum atomic E-state index is 10.5. The highest BCUT2D eigenvalue weighted by Crippen LogP contribution is 2.34. The van der Waals surface area contributed by atoms with E-state index >= 15 is 0 Å². The maximum Gasteiger partial charge on any atom is 0.211 e. The van der Waals surface area contributed by atoms with Crippen LogP contribution < -0.4 is 10.1 Å². The number of terminal acetylenes is 1. The first-order chi connectivity index (χ1) is 9.58. The monoisotopic (exact) mass is 314 g/mol. The van der Waals surface area contributed by atoms with Crippen LogP contribution in [-0.2, 0) is 4.79 Å². The molecular formula is C14H16Cl2N2O2. The van der Waals surface area contributed by atoms with Crippen molar-refractivity contribution in [2.75, 3.05) is 32.1 Å². The molecule has 0 saturated heterocycles. The van der Waals surface area contributed by atoms with E-state index < -0.39 is 0 Å². The van der Waals surface area contributed by atoms with Gasteiger partial charge in [-0.1, -0.05) is 29.1 Å². The molecule has 0 aromatic heterocycles. The second-order valence-electron chi connectivity index (χ2n) is 4.17. The third-order valence-corrected chi connectivity index (χ3v) is 3.15. The predicted molar refractivity (Wildman–Crippen MR) is 82.6 cm³/mol. The lowest BCUT2D eigenvalue weighted by Crippen LogP contribution is -2.21. The van der Waals surface area contributed by atoms with E-state index in [4.69, 9.17) is 34.4 Å². The van der Waals surface area contributed by atoms with E-state index in [0.717, 1.165) is 13.0 Å². The number of rotatable bonds is 8. The van der Waals surface area contributed by atoms with Crippen LogP contribution in [0.5, 0.6) is 5.75 Å². The summed E-state index contributed by atoms with van der Waals surface area (Å²) < 4.78 is 5.58. The number of ether oxygens (including phenoxy) is 1. The smallest absolute Gasteiger partial charge is 0.211 e. The van der Waals surface area contributed by atoms with Crippen LogP contribution in [0, 0.1) is 12.3 Å². The van der Waals surface area contributed by atoms with Gasteiger partial charge in [-0.05, 0) is 19.5 Å². The van der Waals surface area contributed by atoms with Crippen molar-refractivity contribution in [3.8, 4) is 18.1 Å². The van der Waals surface area contributed by atoms with Gasteiger partial charge in [0.1, 0.15) is 5.75 Å². The van der Waals surface area contributed by atoms with Gasteiger partial charge in [-0.15, -0.1) is 6.42 Å². The lowest BCUT2D eigenvalue weighted by atomic mass is 10.3. The summed E-state index contributed by atoms with van der Waals surface area (Å²) in [5.41, 5.74) is 0.463.